The Hall–Kier alpha value is -2.54. The van der Waals surface area contributed by atoms with Gasteiger partial charge in [-0.15, -0.1) is 0 Å². The number of carbonyl (C=O) groups excluding carboxylic acids is 4. The Balaban J connectivity index is 1.98. The number of rotatable bonds is 7. The zero-order valence-electron chi connectivity index (χ0n) is 19.9. The Morgan fingerprint density at radius 2 is 1.85 bits per heavy atom. The number of imide groups is 1. The number of hydrogen-bond acceptors (Lipinski definition) is 6. The number of carbonyl (C=O) groups is 4. The second-order valence-corrected chi connectivity index (χ2v) is 9.27. The molecule has 0 bridgehead atoms. The Labute approximate surface area is 196 Å². The van der Waals surface area contributed by atoms with Crippen molar-refractivity contribution in [2.75, 3.05) is 0 Å². The van der Waals surface area contributed by atoms with Crippen LogP contribution in [0.3, 0.4) is 0 Å². The van der Waals surface area contributed by atoms with Crippen molar-refractivity contribution < 1.29 is 29.0 Å². The van der Waals surface area contributed by atoms with Gasteiger partial charge in [-0.05, 0) is 50.5 Å². The minimum Gasteiger partial charge on any atom is -0.454 e. The van der Waals surface area contributed by atoms with Gasteiger partial charge in [0.15, 0.2) is 0 Å². The first-order valence-corrected chi connectivity index (χ1v) is 11.9. The van der Waals surface area contributed by atoms with E-state index in [1.165, 1.54) is 6.08 Å². The van der Waals surface area contributed by atoms with E-state index < -0.39 is 18.2 Å². The molecule has 0 spiro atoms. The average Bonchev–Trinajstić information content (AvgIpc) is 2.74. The number of ketones is 1. The van der Waals surface area contributed by atoms with E-state index in [2.05, 4.69) is 5.32 Å². The van der Waals surface area contributed by atoms with Gasteiger partial charge in [0.05, 0.1) is 6.10 Å². The summed E-state index contributed by atoms with van der Waals surface area (Å²) >= 11 is 0. The van der Waals surface area contributed by atoms with E-state index in [0.717, 1.165) is 18.4 Å². The average molecular weight is 460 g/mol. The zero-order chi connectivity index (χ0) is 24.4. The van der Waals surface area contributed by atoms with Gasteiger partial charge in [-0.25, -0.2) is 4.79 Å². The summed E-state index contributed by atoms with van der Waals surface area (Å²) in [4.78, 5) is 47.9. The molecule has 1 saturated heterocycles. The number of cyclic esters (lactones) is 1. The van der Waals surface area contributed by atoms with Crippen LogP contribution in [0.4, 0.5) is 0 Å². The van der Waals surface area contributed by atoms with Gasteiger partial charge in [0.1, 0.15) is 11.9 Å². The molecular weight excluding hydrogens is 422 g/mol. The van der Waals surface area contributed by atoms with E-state index >= 15 is 0 Å². The summed E-state index contributed by atoms with van der Waals surface area (Å²) in [6.45, 7) is 5.48. The summed E-state index contributed by atoms with van der Waals surface area (Å²) < 4.78 is 5.67. The van der Waals surface area contributed by atoms with Crippen LogP contribution < -0.4 is 5.32 Å². The lowest BCUT2D eigenvalue weighted by Crippen LogP contribution is -2.38. The summed E-state index contributed by atoms with van der Waals surface area (Å²) in [5.74, 6) is -1.61. The number of nitrogens with one attached hydrogen (secondary N) is 1. The molecule has 2 N–H and O–H groups in total. The van der Waals surface area contributed by atoms with E-state index in [9.17, 15) is 24.3 Å². The first-order chi connectivity index (χ1) is 15.7. The molecule has 0 saturated carbocycles. The van der Waals surface area contributed by atoms with Gasteiger partial charge in [0.2, 0.25) is 11.8 Å². The lowest BCUT2D eigenvalue weighted by molar-refractivity contribution is -0.145. The second-order valence-electron chi connectivity index (χ2n) is 9.27. The highest BCUT2D eigenvalue weighted by Crippen LogP contribution is 2.25. The van der Waals surface area contributed by atoms with Crippen molar-refractivity contribution in [1.82, 2.24) is 5.32 Å². The van der Waals surface area contributed by atoms with Gasteiger partial charge >= 0.3 is 5.97 Å². The Kier molecular flexibility index (Phi) is 10.7. The summed E-state index contributed by atoms with van der Waals surface area (Å²) in [7, 11) is 0. The lowest BCUT2D eigenvalue weighted by Gasteiger charge is -2.28. The van der Waals surface area contributed by atoms with Crippen LogP contribution in [0.1, 0.15) is 72.1 Å². The molecule has 1 fully saturated rings. The molecule has 4 atom stereocenters. The predicted octanol–water partition coefficient (Wildman–Crippen LogP) is 3.57. The molecule has 2 aliphatic heterocycles. The van der Waals surface area contributed by atoms with Crippen LogP contribution in [-0.2, 0) is 23.9 Å². The van der Waals surface area contributed by atoms with E-state index in [1.807, 2.05) is 39.0 Å². The molecule has 182 valence electrons. The number of aliphatic hydroxyl groups is 1. The summed E-state index contributed by atoms with van der Waals surface area (Å²) in [5.41, 5.74) is 0.736. The van der Waals surface area contributed by atoms with Crippen molar-refractivity contribution in [2.45, 2.75) is 84.3 Å². The maximum Gasteiger partial charge on any atom is 0.331 e. The topological polar surface area (TPSA) is 110 Å². The molecule has 2 aliphatic rings. The molecular formula is C26H37NO6. The minimum absolute atomic E-state index is 0.00768. The number of piperidine rings is 1. The molecule has 2 rings (SSSR count). The van der Waals surface area contributed by atoms with Gasteiger partial charge < -0.3 is 9.84 Å². The summed E-state index contributed by atoms with van der Waals surface area (Å²) in [5, 5.41) is 12.9. The van der Waals surface area contributed by atoms with Crippen LogP contribution in [-0.4, -0.2) is 40.9 Å². The third-order valence-electron chi connectivity index (χ3n) is 6.36. The molecule has 0 aromatic heterocycles. The smallest absolute Gasteiger partial charge is 0.331 e. The Morgan fingerprint density at radius 3 is 2.55 bits per heavy atom. The molecule has 0 aromatic carbocycles. The number of aliphatic hydroxyl groups excluding tert-OH is 1. The highest BCUT2D eigenvalue weighted by molar-refractivity contribution is 5.97. The first-order valence-electron chi connectivity index (χ1n) is 11.9. The third-order valence-corrected chi connectivity index (χ3v) is 6.36. The largest absolute Gasteiger partial charge is 0.454 e. The standard InChI is InChI=1S/C26H37NO6/c1-17(21(28)12-9-10-20-15-23(30)27-24(31)16-20)14-18(2)26-19(3)22(29)11-7-5-4-6-8-13-25(32)33-26/h5,7-8,13-14,17,19-20,22,26,29H,4,6,9-12,15-16H2,1-3H3,(H,27,30,31)/b7-5+,13-8+,18-14+/t17-,19-,22+,26?/m0/s1. The van der Waals surface area contributed by atoms with Crippen LogP contribution in [0.15, 0.2) is 36.0 Å². The van der Waals surface area contributed by atoms with Crippen molar-refractivity contribution in [1.29, 1.82) is 0 Å². The number of amides is 2. The van der Waals surface area contributed by atoms with Crippen molar-refractivity contribution in [3.05, 3.63) is 36.0 Å². The van der Waals surface area contributed by atoms with E-state index in [-0.39, 0.29) is 35.4 Å². The zero-order valence-corrected chi connectivity index (χ0v) is 19.9. The number of ether oxygens (including phenoxy) is 1. The Bertz CT molecular complexity index is 796. The molecule has 1 unspecified atom stereocenters. The van der Waals surface area contributed by atoms with Crippen molar-refractivity contribution >= 4 is 23.6 Å². The molecule has 2 amide bonds. The third kappa shape index (κ3) is 9.08. The normalized spacial score (nSPS) is 28.7. The molecule has 0 radical (unpaired) electrons. The molecule has 0 aliphatic carbocycles. The molecule has 33 heavy (non-hydrogen) atoms. The maximum atomic E-state index is 12.7. The van der Waals surface area contributed by atoms with Gasteiger partial charge in [-0.3, -0.25) is 19.7 Å². The van der Waals surface area contributed by atoms with Crippen molar-refractivity contribution in [2.24, 2.45) is 17.8 Å². The fourth-order valence-corrected chi connectivity index (χ4v) is 4.35. The van der Waals surface area contributed by atoms with Crippen molar-refractivity contribution in [3.63, 3.8) is 0 Å². The van der Waals surface area contributed by atoms with Crippen LogP contribution in [0.25, 0.3) is 0 Å². The molecule has 7 nitrogen and oxygen atoms in total. The monoisotopic (exact) mass is 459 g/mol. The van der Waals surface area contributed by atoms with Gasteiger partial charge in [0.25, 0.3) is 0 Å². The SMILES string of the molecule is C/C(=C\[C@H](C)C(=O)CCCC1CC(=O)NC(=O)C1)C1OC(=O)/C=C/CC/C=C/C[C@@H](O)[C@@H]1C. The predicted molar refractivity (Wildman–Crippen MR) is 125 cm³/mol. The number of Topliss-reactive ketones (excluding diaryl/α,β-unsaturated/α-hetero) is 1. The first kappa shape index (κ1) is 26.7. The quantitative estimate of drug-likeness (QED) is 0.342. The molecule has 7 heteroatoms. The second kappa shape index (κ2) is 13.2. The fraction of sp³-hybridized carbons (Fsp3) is 0.615. The molecule has 0 aromatic rings. The van der Waals surface area contributed by atoms with Gasteiger partial charge in [-0.2, -0.15) is 0 Å². The summed E-state index contributed by atoms with van der Waals surface area (Å²) in [6.07, 6.45) is 11.9. The van der Waals surface area contributed by atoms with E-state index in [1.54, 1.807) is 6.08 Å². The number of esters is 1. The summed E-state index contributed by atoms with van der Waals surface area (Å²) in [6, 6.07) is 0. The maximum absolute atomic E-state index is 12.7. The van der Waals surface area contributed by atoms with Crippen LogP contribution in [0.5, 0.6) is 0 Å². The van der Waals surface area contributed by atoms with Gasteiger partial charge in [-0.1, -0.05) is 38.2 Å². The fourth-order valence-electron chi connectivity index (χ4n) is 4.35. The minimum atomic E-state index is -0.674. The highest BCUT2D eigenvalue weighted by atomic mass is 16.5. The lowest BCUT2D eigenvalue weighted by atomic mass is 9.87. The number of allylic oxidation sites excluding steroid dienone is 3. The molecule has 2 heterocycles. The van der Waals surface area contributed by atoms with E-state index in [0.29, 0.717) is 38.5 Å². The van der Waals surface area contributed by atoms with E-state index in [4.69, 9.17) is 4.74 Å². The number of hydrogen-bond donors (Lipinski definition) is 2. The van der Waals surface area contributed by atoms with Crippen LogP contribution in [0.2, 0.25) is 0 Å². The van der Waals surface area contributed by atoms with Crippen LogP contribution >= 0.6 is 0 Å². The Morgan fingerprint density at radius 1 is 1.18 bits per heavy atom. The van der Waals surface area contributed by atoms with Gasteiger partial charge in [0, 0.05) is 37.2 Å². The van der Waals surface area contributed by atoms with Crippen molar-refractivity contribution in [3.8, 4) is 0 Å². The van der Waals surface area contributed by atoms with Crippen LogP contribution in [0, 0.1) is 17.8 Å². The highest BCUT2D eigenvalue weighted by Gasteiger charge is 2.29.